The van der Waals surface area contributed by atoms with Crippen molar-refractivity contribution in [2.24, 2.45) is 0 Å². The zero-order valence-electron chi connectivity index (χ0n) is 46.9. The molecule has 0 fully saturated rings. The molecule has 3 atom stereocenters. The zero-order chi connectivity index (χ0) is 52.2. The Balaban J connectivity index is 5.19. The fourth-order valence-electron chi connectivity index (χ4n) is 8.14. The molecule has 1 N–H and O–H groups in total. The van der Waals surface area contributed by atoms with Gasteiger partial charge in [0, 0.05) is 12.8 Å². The molecule has 0 radical (unpaired) electrons. The van der Waals surface area contributed by atoms with Gasteiger partial charge in [0.1, 0.15) is 19.3 Å². The van der Waals surface area contributed by atoms with Crippen LogP contribution < -0.4 is 10.2 Å². The van der Waals surface area contributed by atoms with Crippen LogP contribution in [0, 0.1) is 0 Å². The van der Waals surface area contributed by atoms with E-state index < -0.39 is 26.6 Å². The summed E-state index contributed by atoms with van der Waals surface area (Å²) in [5.41, 5.74) is 0. The molecular formula is C61H111N2O7P. The molecule has 71 heavy (non-hydrogen) atoms. The van der Waals surface area contributed by atoms with Crippen molar-refractivity contribution < 1.29 is 37.3 Å². The first kappa shape index (κ1) is 68.5. The first-order chi connectivity index (χ1) is 34.4. The second-order valence-electron chi connectivity index (χ2n) is 20.8. The Kier molecular flexibility index (Phi) is 49.1. The van der Waals surface area contributed by atoms with Gasteiger partial charge in [-0.25, -0.2) is 0 Å². The number of likely N-dealkylation sites (N-methyl/N-ethyl adjacent to an activating group) is 1. The minimum atomic E-state index is -4.70. The zero-order valence-corrected chi connectivity index (χ0v) is 47.8. The number of phosphoric acid groups is 1. The number of hydrogen-bond donors (Lipinski definition) is 1. The lowest BCUT2D eigenvalue weighted by atomic mass is 10.0. The molecule has 0 heterocycles. The van der Waals surface area contributed by atoms with Gasteiger partial charge in [0.15, 0.2) is 0 Å². The molecule has 0 bridgehead atoms. The highest BCUT2D eigenvalue weighted by Crippen LogP contribution is 2.38. The smallest absolute Gasteiger partial charge is 0.306 e. The molecule has 412 valence electrons. The van der Waals surface area contributed by atoms with E-state index in [0.717, 1.165) is 103 Å². The van der Waals surface area contributed by atoms with E-state index in [9.17, 15) is 19.0 Å². The Bertz CT molecular complexity index is 1450. The molecule has 0 aliphatic rings. The van der Waals surface area contributed by atoms with Crippen LogP contribution in [-0.2, 0) is 27.9 Å². The van der Waals surface area contributed by atoms with Crippen LogP contribution in [0.4, 0.5) is 0 Å². The van der Waals surface area contributed by atoms with E-state index >= 15 is 0 Å². The van der Waals surface area contributed by atoms with Crippen LogP contribution in [0.15, 0.2) is 72.9 Å². The fourth-order valence-corrected chi connectivity index (χ4v) is 8.86. The number of amides is 1. The summed E-state index contributed by atoms with van der Waals surface area (Å²) in [5.74, 6) is -0.554. The first-order valence-corrected chi connectivity index (χ1v) is 30.7. The van der Waals surface area contributed by atoms with Crippen molar-refractivity contribution in [1.82, 2.24) is 5.32 Å². The Morgan fingerprint density at radius 3 is 1.35 bits per heavy atom. The number of hydrogen-bond acceptors (Lipinski definition) is 7. The summed E-state index contributed by atoms with van der Waals surface area (Å²) in [6.07, 6.45) is 64.4. The maximum Gasteiger partial charge on any atom is 0.306 e. The summed E-state index contributed by atoms with van der Waals surface area (Å²) in [6, 6.07) is -0.893. The third-order valence-corrected chi connectivity index (χ3v) is 13.6. The highest BCUT2D eigenvalue weighted by molar-refractivity contribution is 7.45. The number of rotatable bonds is 52. The Morgan fingerprint density at radius 1 is 0.507 bits per heavy atom. The predicted molar refractivity (Wildman–Crippen MR) is 302 cm³/mol. The van der Waals surface area contributed by atoms with Crippen molar-refractivity contribution >= 4 is 19.7 Å². The van der Waals surface area contributed by atoms with Crippen molar-refractivity contribution in [3.63, 3.8) is 0 Å². The van der Waals surface area contributed by atoms with Crippen molar-refractivity contribution in [1.29, 1.82) is 0 Å². The fraction of sp³-hybridized carbons (Fsp3) is 0.770. The van der Waals surface area contributed by atoms with E-state index in [2.05, 4.69) is 86.8 Å². The van der Waals surface area contributed by atoms with Crippen molar-refractivity contribution in [2.75, 3.05) is 40.9 Å². The van der Waals surface area contributed by atoms with Crippen LogP contribution in [0.25, 0.3) is 0 Å². The topological polar surface area (TPSA) is 114 Å². The monoisotopic (exact) mass is 1010 g/mol. The quantitative estimate of drug-likeness (QED) is 0.0212. The molecule has 0 aliphatic heterocycles. The minimum Gasteiger partial charge on any atom is -0.756 e. The van der Waals surface area contributed by atoms with Crippen molar-refractivity contribution in [3.05, 3.63) is 72.9 Å². The summed E-state index contributed by atoms with van der Waals surface area (Å²) in [4.78, 5) is 39.8. The molecule has 0 aromatic rings. The van der Waals surface area contributed by atoms with Gasteiger partial charge in [-0.05, 0) is 76.7 Å². The highest BCUT2D eigenvalue weighted by Gasteiger charge is 2.27. The number of nitrogens with zero attached hydrogens (tertiary/aromatic N) is 1. The van der Waals surface area contributed by atoms with Crippen LogP contribution in [0.2, 0.25) is 0 Å². The van der Waals surface area contributed by atoms with E-state index in [0.29, 0.717) is 17.4 Å². The van der Waals surface area contributed by atoms with E-state index in [1.54, 1.807) is 0 Å². The van der Waals surface area contributed by atoms with E-state index in [-0.39, 0.29) is 24.9 Å². The normalized spacial score (nSPS) is 14.3. The molecule has 1 amide bonds. The highest BCUT2D eigenvalue weighted by atomic mass is 31.2. The van der Waals surface area contributed by atoms with Crippen molar-refractivity contribution in [2.45, 2.75) is 264 Å². The molecule has 0 aliphatic carbocycles. The van der Waals surface area contributed by atoms with E-state index in [4.69, 9.17) is 13.8 Å². The maximum atomic E-state index is 13.5. The van der Waals surface area contributed by atoms with Gasteiger partial charge in [-0.3, -0.25) is 14.2 Å². The number of unbranched alkanes of at least 4 members (excludes halogenated alkanes) is 26. The molecule has 0 rings (SSSR count). The second kappa shape index (κ2) is 51.0. The van der Waals surface area contributed by atoms with E-state index in [1.807, 2.05) is 33.3 Å². The summed E-state index contributed by atoms with van der Waals surface area (Å²) in [7, 11) is 1.17. The third-order valence-electron chi connectivity index (χ3n) is 12.7. The van der Waals surface area contributed by atoms with Gasteiger partial charge in [0.25, 0.3) is 7.82 Å². The largest absolute Gasteiger partial charge is 0.756 e. The number of carbonyl (C=O) groups is 2. The summed E-state index contributed by atoms with van der Waals surface area (Å²) < 4.78 is 30.2. The average molecular weight is 1020 g/mol. The first-order valence-electron chi connectivity index (χ1n) is 29.2. The number of quaternary nitrogens is 1. The number of allylic oxidation sites excluding steroid dienone is 11. The van der Waals surface area contributed by atoms with Gasteiger partial charge >= 0.3 is 5.97 Å². The molecule has 3 unspecified atom stereocenters. The summed E-state index contributed by atoms with van der Waals surface area (Å²) in [6.45, 7) is 6.70. The van der Waals surface area contributed by atoms with Gasteiger partial charge in [0.2, 0.25) is 5.91 Å². The van der Waals surface area contributed by atoms with E-state index in [1.165, 1.54) is 116 Å². The molecule has 9 nitrogen and oxygen atoms in total. The van der Waals surface area contributed by atoms with Gasteiger partial charge in [-0.2, -0.15) is 0 Å². The Hall–Kier alpha value is -2.55. The van der Waals surface area contributed by atoms with Gasteiger partial charge < -0.3 is 28.5 Å². The molecule has 0 aromatic heterocycles. The van der Waals surface area contributed by atoms with Crippen LogP contribution >= 0.6 is 7.82 Å². The number of ether oxygens (including phenoxy) is 1. The Labute approximate surface area is 438 Å². The maximum absolute atomic E-state index is 13.5. The lowest BCUT2D eigenvalue weighted by Crippen LogP contribution is -2.47. The molecular weight excluding hydrogens is 904 g/mol. The molecule has 10 heteroatoms. The third kappa shape index (κ3) is 52.1. The number of nitrogens with one attached hydrogen (secondary N) is 1. The Morgan fingerprint density at radius 2 is 0.901 bits per heavy atom. The molecule has 0 aromatic carbocycles. The lowest BCUT2D eigenvalue weighted by molar-refractivity contribution is -0.870. The van der Waals surface area contributed by atoms with Gasteiger partial charge in [0.05, 0.1) is 33.8 Å². The van der Waals surface area contributed by atoms with Crippen LogP contribution in [0.5, 0.6) is 0 Å². The van der Waals surface area contributed by atoms with Crippen LogP contribution in [0.3, 0.4) is 0 Å². The number of carbonyl (C=O) groups excluding carboxylic acids is 2. The standard InChI is InChI=1S/C61H111N2O7P/c1-7-10-13-16-19-22-25-26-27-28-29-30-31-32-33-34-35-36-39-41-44-47-50-53-60(64)62-58(57-69-71(66,67)68-56-55-63(4,5)6)59(52-49-46-43-40-37-23-20-17-14-11-8-2)70-61(65)54-51-48-45-42-38-24-21-18-15-12-9-3/h10,13,19,22,26-27,29-30,32-33,49,52,58-59H,7-9,11-12,14-18,20-21,23-25,28,31,34-48,50-51,53-57H2,1-6H3,(H-,62,64,66,67)/b13-10-,22-19-,27-26-,30-29-,33-32-,52-49-. The predicted octanol–water partition coefficient (Wildman–Crippen LogP) is 17.0. The molecule has 0 saturated carbocycles. The van der Waals surface area contributed by atoms with Crippen molar-refractivity contribution in [3.8, 4) is 0 Å². The second-order valence-corrected chi connectivity index (χ2v) is 22.2. The molecule has 0 spiro atoms. The molecule has 0 saturated heterocycles. The summed E-state index contributed by atoms with van der Waals surface area (Å²) in [5, 5.41) is 3.01. The lowest BCUT2D eigenvalue weighted by Gasteiger charge is -2.30. The summed E-state index contributed by atoms with van der Waals surface area (Å²) >= 11 is 0. The number of esters is 1. The average Bonchev–Trinajstić information content (AvgIpc) is 3.33. The van der Waals surface area contributed by atoms with Gasteiger partial charge in [-0.1, -0.05) is 235 Å². The van der Waals surface area contributed by atoms with Crippen LogP contribution in [0.1, 0.15) is 252 Å². The minimum absolute atomic E-state index is 0.0262. The SMILES string of the molecule is CC/C=C\C/C=C\C/C=C\C/C=C\C/C=C\CCCCCCCCCC(=O)NC(COP(=O)([O-])OCC[N+](C)(C)C)C(/C=C\CCCCCCCCCCC)OC(=O)CCCCCCCCCCCCC. The number of phosphoric ester groups is 1. The van der Waals surface area contributed by atoms with Crippen LogP contribution in [-0.4, -0.2) is 69.4 Å². The van der Waals surface area contributed by atoms with Gasteiger partial charge in [-0.15, -0.1) is 0 Å².